The number of aliphatic imine (C=N–C) groups is 1. The highest BCUT2D eigenvalue weighted by atomic mass is 35.5. The molecule has 3 nitrogen and oxygen atoms in total. The number of hydrogen-bond acceptors (Lipinski definition) is 4. The predicted octanol–water partition coefficient (Wildman–Crippen LogP) is 6.07. The molecule has 0 aliphatic rings. The van der Waals surface area contributed by atoms with Crippen LogP contribution in [-0.2, 0) is 0 Å². The summed E-state index contributed by atoms with van der Waals surface area (Å²) in [6.07, 6.45) is 1.58. The van der Waals surface area contributed by atoms with Gasteiger partial charge < -0.3 is 5.11 Å². The molecular formula is C20H13ClN2OS. The third kappa shape index (κ3) is 3.27. The van der Waals surface area contributed by atoms with Gasteiger partial charge in [-0.2, -0.15) is 0 Å². The van der Waals surface area contributed by atoms with Crippen molar-refractivity contribution in [3.05, 3.63) is 76.6 Å². The van der Waals surface area contributed by atoms with E-state index in [0.717, 1.165) is 11.3 Å². The van der Waals surface area contributed by atoms with Gasteiger partial charge in [-0.3, -0.25) is 0 Å². The van der Waals surface area contributed by atoms with Crippen LogP contribution in [0.2, 0.25) is 5.02 Å². The van der Waals surface area contributed by atoms with Crippen LogP contribution in [0.1, 0.15) is 5.56 Å². The van der Waals surface area contributed by atoms with Crippen molar-refractivity contribution in [1.82, 2.24) is 4.98 Å². The molecular weight excluding hydrogens is 352 g/mol. The van der Waals surface area contributed by atoms with Gasteiger partial charge in [0.1, 0.15) is 5.75 Å². The smallest absolute Gasteiger partial charge is 0.209 e. The molecule has 0 spiro atoms. The first-order valence-electron chi connectivity index (χ1n) is 7.67. The zero-order valence-electron chi connectivity index (χ0n) is 13.1. The van der Waals surface area contributed by atoms with E-state index in [4.69, 9.17) is 11.6 Å². The lowest BCUT2D eigenvalue weighted by atomic mass is 10.0. The fourth-order valence-corrected chi connectivity index (χ4v) is 3.49. The van der Waals surface area contributed by atoms with Crippen LogP contribution in [0.4, 0.5) is 5.13 Å². The molecule has 0 aliphatic heterocycles. The van der Waals surface area contributed by atoms with E-state index in [-0.39, 0.29) is 5.75 Å². The second kappa shape index (κ2) is 6.67. The van der Waals surface area contributed by atoms with Gasteiger partial charge in [-0.1, -0.05) is 54.1 Å². The monoisotopic (exact) mass is 364 g/mol. The molecule has 3 aromatic carbocycles. The molecule has 0 fully saturated rings. The van der Waals surface area contributed by atoms with Crippen molar-refractivity contribution in [2.24, 2.45) is 4.99 Å². The van der Waals surface area contributed by atoms with Crippen molar-refractivity contribution in [2.75, 3.05) is 0 Å². The Labute approximate surface area is 153 Å². The minimum atomic E-state index is 0.138. The van der Waals surface area contributed by atoms with Crippen molar-refractivity contribution in [3.63, 3.8) is 0 Å². The maximum Gasteiger partial charge on any atom is 0.209 e. The molecule has 0 aliphatic carbocycles. The summed E-state index contributed by atoms with van der Waals surface area (Å²) >= 11 is 7.41. The number of fused-ring (bicyclic) bond motifs is 1. The lowest BCUT2D eigenvalue weighted by Gasteiger charge is -2.03. The number of phenols is 1. The average Bonchev–Trinajstić information content (AvgIpc) is 3.11. The molecule has 1 aromatic heterocycles. The first-order valence-corrected chi connectivity index (χ1v) is 8.93. The van der Waals surface area contributed by atoms with Crippen LogP contribution in [0.3, 0.4) is 0 Å². The van der Waals surface area contributed by atoms with E-state index >= 15 is 0 Å². The Morgan fingerprint density at radius 2 is 1.88 bits per heavy atom. The number of nitrogens with zero attached hydrogens (tertiary/aromatic N) is 2. The summed E-state index contributed by atoms with van der Waals surface area (Å²) in [7, 11) is 0. The quantitative estimate of drug-likeness (QED) is 0.448. The van der Waals surface area contributed by atoms with Crippen LogP contribution in [0, 0.1) is 0 Å². The van der Waals surface area contributed by atoms with Crippen molar-refractivity contribution < 1.29 is 5.11 Å². The molecule has 0 radical (unpaired) electrons. The molecule has 1 N–H and O–H groups in total. The molecule has 0 bridgehead atoms. The molecule has 0 saturated heterocycles. The van der Waals surface area contributed by atoms with Gasteiger partial charge in [0.05, 0.1) is 5.69 Å². The van der Waals surface area contributed by atoms with Gasteiger partial charge >= 0.3 is 0 Å². The first kappa shape index (κ1) is 15.8. The van der Waals surface area contributed by atoms with E-state index in [1.54, 1.807) is 24.4 Å². The van der Waals surface area contributed by atoms with Gasteiger partial charge in [-0.25, -0.2) is 9.98 Å². The lowest BCUT2D eigenvalue weighted by Crippen LogP contribution is -1.82. The molecule has 4 aromatic rings. The summed E-state index contributed by atoms with van der Waals surface area (Å²) in [5.41, 5.74) is 2.54. The maximum absolute atomic E-state index is 9.85. The molecule has 1 heterocycles. The van der Waals surface area contributed by atoms with E-state index in [0.29, 0.717) is 15.7 Å². The van der Waals surface area contributed by atoms with E-state index in [1.165, 1.54) is 22.1 Å². The SMILES string of the molecule is Oc1ccc(Cl)cc1/C=N/c1nc(-c2cccc3ccccc23)cs1. The number of thiazole rings is 1. The molecule has 0 unspecified atom stereocenters. The average molecular weight is 365 g/mol. The number of aromatic nitrogens is 1. The molecule has 25 heavy (non-hydrogen) atoms. The summed E-state index contributed by atoms with van der Waals surface area (Å²) < 4.78 is 0. The van der Waals surface area contributed by atoms with Crippen LogP contribution in [0.5, 0.6) is 5.75 Å². The summed E-state index contributed by atoms with van der Waals surface area (Å²) in [5, 5.41) is 15.4. The number of aromatic hydroxyl groups is 1. The Morgan fingerprint density at radius 3 is 2.80 bits per heavy atom. The molecule has 0 amide bonds. The number of hydrogen-bond donors (Lipinski definition) is 1. The highest BCUT2D eigenvalue weighted by molar-refractivity contribution is 7.13. The minimum absolute atomic E-state index is 0.138. The highest BCUT2D eigenvalue weighted by Crippen LogP contribution is 2.32. The molecule has 0 saturated carbocycles. The number of rotatable bonds is 3. The number of benzene rings is 3. The van der Waals surface area contributed by atoms with Gasteiger partial charge in [0.2, 0.25) is 5.13 Å². The molecule has 122 valence electrons. The number of phenolic OH excluding ortho intramolecular Hbond substituents is 1. The van der Waals surface area contributed by atoms with Gasteiger partial charge in [0.25, 0.3) is 0 Å². The van der Waals surface area contributed by atoms with Crippen molar-refractivity contribution in [2.45, 2.75) is 0 Å². The molecule has 4 rings (SSSR count). The first-order chi connectivity index (χ1) is 12.2. The van der Waals surface area contributed by atoms with Gasteiger partial charge in [0, 0.05) is 27.7 Å². The Hall–Kier alpha value is -2.69. The van der Waals surface area contributed by atoms with Crippen LogP contribution in [-0.4, -0.2) is 16.3 Å². The molecule has 5 heteroatoms. The van der Waals surface area contributed by atoms with Crippen molar-refractivity contribution in [1.29, 1.82) is 0 Å². The predicted molar refractivity (Wildman–Crippen MR) is 105 cm³/mol. The van der Waals surface area contributed by atoms with Gasteiger partial charge in [-0.15, -0.1) is 11.3 Å². The standard InChI is InChI=1S/C20H13ClN2OS/c21-15-8-9-19(24)14(10-15)11-22-20-23-18(12-25-20)17-7-3-5-13-4-1-2-6-16(13)17/h1-12,24H/b22-11+. The van der Waals surface area contributed by atoms with E-state index in [1.807, 2.05) is 23.6 Å². The minimum Gasteiger partial charge on any atom is -0.507 e. The zero-order valence-corrected chi connectivity index (χ0v) is 14.6. The second-order valence-corrected chi connectivity index (χ2v) is 6.78. The highest BCUT2D eigenvalue weighted by Gasteiger charge is 2.07. The Balaban J connectivity index is 1.68. The normalized spacial score (nSPS) is 11.4. The van der Waals surface area contributed by atoms with Crippen molar-refractivity contribution >= 4 is 45.1 Å². The maximum atomic E-state index is 9.85. The molecule has 0 atom stereocenters. The largest absolute Gasteiger partial charge is 0.507 e. The van der Waals surface area contributed by atoms with Gasteiger partial charge in [-0.05, 0) is 29.0 Å². The third-order valence-corrected chi connectivity index (χ3v) is 4.85. The van der Waals surface area contributed by atoms with E-state index < -0.39 is 0 Å². The summed E-state index contributed by atoms with van der Waals surface area (Å²) in [4.78, 5) is 8.97. The third-order valence-electron chi connectivity index (χ3n) is 3.86. The Bertz CT molecular complexity index is 1080. The fraction of sp³-hybridized carbons (Fsp3) is 0. The lowest BCUT2D eigenvalue weighted by molar-refractivity contribution is 0.474. The Kier molecular flexibility index (Phi) is 4.22. The van der Waals surface area contributed by atoms with Crippen molar-refractivity contribution in [3.8, 4) is 17.0 Å². The van der Waals surface area contributed by atoms with Crippen LogP contribution >= 0.6 is 22.9 Å². The number of halogens is 1. The Morgan fingerprint density at radius 1 is 1.04 bits per heavy atom. The van der Waals surface area contributed by atoms with Crippen LogP contribution in [0.25, 0.3) is 22.0 Å². The summed E-state index contributed by atoms with van der Waals surface area (Å²) in [6.45, 7) is 0. The van der Waals surface area contributed by atoms with E-state index in [2.05, 4.69) is 34.2 Å². The zero-order chi connectivity index (χ0) is 17.2. The summed E-state index contributed by atoms with van der Waals surface area (Å²) in [6, 6.07) is 19.3. The summed E-state index contributed by atoms with van der Waals surface area (Å²) in [5.74, 6) is 0.138. The van der Waals surface area contributed by atoms with Crippen LogP contribution < -0.4 is 0 Å². The van der Waals surface area contributed by atoms with Crippen LogP contribution in [0.15, 0.2) is 71.0 Å². The second-order valence-electron chi connectivity index (χ2n) is 5.50. The van der Waals surface area contributed by atoms with Gasteiger partial charge in [0.15, 0.2) is 0 Å². The topological polar surface area (TPSA) is 45.5 Å². The fourth-order valence-electron chi connectivity index (χ4n) is 2.65. The van der Waals surface area contributed by atoms with E-state index in [9.17, 15) is 5.11 Å².